The van der Waals surface area contributed by atoms with Crippen LogP contribution in [0.3, 0.4) is 0 Å². The molecule has 29 heavy (non-hydrogen) atoms. The largest absolute Gasteiger partial charge is 0.399 e. The Balaban J connectivity index is 1.73. The number of aromatic nitrogens is 3. The van der Waals surface area contributed by atoms with Crippen LogP contribution in [0.15, 0.2) is 66.8 Å². The maximum absolute atomic E-state index is 13.6. The number of halogens is 1. The van der Waals surface area contributed by atoms with Crippen molar-refractivity contribution in [3.8, 4) is 22.6 Å². The van der Waals surface area contributed by atoms with Gasteiger partial charge in [-0.05, 0) is 36.8 Å². The number of aromatic amines is 2. The number of nitrogens with two attached hydrogens (primary N) is 1. The van der Waals surface area contributed by atoms with Crippen molar-refractivity contribution in [2.24, 2.45) is 0 Å². The van der Waals surface area contributed by atoms with Gasteiger partial charge < -0.3 is 15.7 Å². The standard InChI is InChI=1S/C24H21FN4/c1-14-21(19-13-18(26)11-12-20(19)27-14)24-28-22(15-5-3-2-4-6-15)23(29-24)16-7-9-17(25)10-8-16/h2-9,11-13,17,27H,10,26H2,1H3,(H,28,29). The van der Waals surface area contributed by atoms with E-state index in [1.165, 1.54) is 0 Å². The molecule has 4 aromatic rings. The molecule has 0 radical (unpaired) electrons. The molecular formula is C24H21FN4. The molecule has 1 unspecified atom stereocenters. The van der Waals surface area contributed by atoms with E-state index < -0.39 is 6.17 Å². The average Bonchev–Trinajstić information content (AvgIpc) is 3.29. The van der Waals surface area contributed by atoms with E-state index in [0.29, 0.717) is 12.1 Å². The van der Waals surface area contributed by atoms with E-state index in [9.17, 15) is 4.39 Å². The molecule has 0 saturated heterocycles. The van der Waals surface area contributed by atoms with Gasteiger partial charge in [0.1, 0.15) is 12.0 Å². The molecule has 0 aliphatic heterocycles. The first kappa shape index (κ1) is 17.5. The number of rotatable bonds is 3. The number of anilines is 1. The zero-order chi connectivity index (χ0) is 20.0. The Kier molecular flexibility index (Phi) is 4.09. The number of nitrogens with one attached hydrogen (secondary N) is 2. The van der Waals surface area contributed by atoms with Crippen LogP contribution in [0.1, 0.15) is 17.8 Å². The van der Waals surface area contributed by atoms with Crippen LogP contribution in [0.2, 0.25) is 0 Å². The number of fused-ring (bicyclic) bond motifs is 1. The number of benzene rings is 2. The SMILES string of the molecule is Cc1[nH]c2ccc(N)cc2c1-c1nc(-c2ccccc2)c(C2=CCC(F)C=C2)[nH]1. The summed E-state index contributed by atoms with van der Waals surface area (Å²) in [7, 11) is 0. The summed E-state index contributed by atoms with van der Waals surface area (Å²) in [6.07, 6.45) is 4.80. The molecule has 5 heteroatoms. The van der Waals surface area contributed by atoms with Gasteiger partial charge in [0.15, 0.2) is 0 Å². The zero-order valence-electron chi connectivity index (χ0n) is 16.0. The summed E-state index contributed by atoms with van der Waals surface area (Å²) in [6.45, 7) is 2.03. The molecule has 144 valence electrons. The number of nitrogen functional groups attached to an aromatic ring is 1. The van der Waals surface area contributed by atoms with Crippen LogP contribution in [0, 0.1) is 6.92 Å². The highest BCUT2D eigenvalue weighted by atomic mass is 19.1. The molecule has 4 nitrogen and oxygen atoms in total. The van der Waals surface area contributed by atoms with Gasteiger partial charge in [-0.1, -0.05) is 42.5 Å². The lowest BCUT2D eigenvalue weighted by atomic mass is 9.99. The highest BCUT2D eigenvalue weighted by molar-refractivity contribution is 5.98. The lowest BCUT2D eigenvalue weighted by Gasteiger charge is -2.10. The molecule has 2 aromatic heterocycles. The van der Waals surface area contributed by atoms with E-state index in [1.807, 2.05) is 67.6 Å². The van der Waals surface area contributed by atoms with Gasteiger partial charge in [0, 0.05) is 39.8 Å². The summed E-state index contributed by atoms with van der Waals surface area (Å²) in [4.78, 5) is 11.9. The van der Waals surface area contributed by atoms with Gasteiger partial charge in [-0.3, -0.25) is 0 Å². The Morgan fingerprint density at radius 1 is 1.10 bits per heavy atom. The maximum Gasteiger partial charge on any atom is 0.140 e. The fourth-order valence-electron chi connectivity index (χ4n) is 3.93. The average molecular weight is 384 g/mol. The first-order valence-electron chi connectivity index (χ1n) is 9.66. The molecule has 2 aromatic carbocycles. The van der Waals surface area contributed by atoms with Gasteiger partial charge in [-0.25, -0.2) is 9.37 Å². The van der Waals surface area contributed by atoms with Crippen molar-refractivity contribution in [1.29, 1.82) is 0 Å². The van der Waals surface area contributed by atoms with E-state index in [0.717, 1.165) is 50.5 Å². The van der Waals surface area contributed by atoms with Gasteiger partial charge >= 0.3 is 0 Å². The summed E-state index contributed by atoms with van der Waals surface area (Å²) in [5, 5.41) is 1.03. The minimum atomic E-state index is -0.930. The summed E-state index contributed by atoms with van der Waals surface area (Å²) in [6, 6.07) is 15.9. The monoisotopic (exact) mass is 384 g/mol. The van der Waals surface area contributed by atoms with Crippen molar-refractivity contribution >= 4 is 22.2 Å². The lowest BCUT2D eigenvalue weighted by molar-refractivity contribution is 0.402. The molecule has 0 bridgehead atoms. The fraction of sp³-hybridized carbons (Fsp3) is 0.125. The molecule has 1 atom stereocenters. The number of imidazole rings is 1. The van der Waals surface area contributed by atoms with E-state index in [4.69, 9.17) is 10.7 Å². The third-order valence-corrected chi connectivity index (χ3v) is 5.33. The number of hydrogen-bond donors (Lipinski definition) is 3. The van der Waals surface area contributed by atoms with Gasteiger partial charge in [-0.15, -0.1) is 0 Å². The molecule has 0 fully saturated rings. The van der Waals surface area contributed by atoms with Crippen LogP contribution in [0.5, 0.6) is 0 Å². The van der Waals surface area contributed by atoms with Gasteiger partial charge in [0.2, 0.25) is 0 Å². The van der Waals surface area contributed by atoms with Crippen molar-refractivity contribution in [3.05, 3.63) is 78.1 Å². The number of allylic oxidation sites excluding steroid dienone is 4. The normalized spacial score (nSPS) is 16.3. The Morgan fingerprint density at radius 2 is 1.93 bits per heavy atom. The smallest absolute Gasteiger partial charge is 0.140 e. The van der Waals surface area contributed by atoms with Gasteiger partial charge in [-0.2, -0.15) is 0 Å². The summed E-state index contributed by atoms with van der Waals surface area (Å²) < 4.78 is 13.6. The van der Waals surface area contributed by atoms with Crippen molar-refractivity contribution in [3.63, 3.8) is 0 Å². The van der Waals surface area contributed by atoms with Crippen molar-refractivity contribution < 1.29 is 4.39 Å². The molecule has 5 rings (SSSR count). The van der Waals surface area contributed by atoms with Crippen molar-refractivity contribution in [2.75, 3.05) is 5.73 Å². The van der Waals surface area contributed by atoms with Crippen LogP contribution in [-0.2, 0) is 0 Å². The van der Waals surface area contributed by atoms with Crippen LogP contribution >= 0.6 is 0 Å². The minimum absolute atomic E-state index is 0.372. The Labute approximate surface area is 168 Å². The number of alkyl halides is 1. The highest BCUT2D eigenvalue weighted by Gasteiger charge is 2.21. The van der Waals surface area contributed by atoms with E-state index in [1.54, 1.807) is 6.08 Å². The molecule has 2 heterocycles. The molecule has 1 aliphatic rings. The lowest BCUT2D eigenvalue weighted by Crippen LogP contribution is -1.99. The van der Waals surface area contributed by atoms with E-state index >= 15 is 0 Å². The third-order valence-electron chi connectivity index (χ3n) is 5.33. The van der Waals surface area contributed by atoms with Crippen LogP contribution in [0.4, 0.5) is 10.1 Å². The summed E-state index contributed by atoms with van der Waals surface area (Å²) in [5.74, 6) is 0.768. The van der Waals surface area contributed by atoms with Crippen LogP contribution < -0.4 is 5.73 Å². The number of hydrogen-bond acceptors (Lipinski definition) is 2. The molecule has 1 aliphatic carbocycles. The molecule has 4 N–H and O–H groups in total. The Hall–Kier alpha value is -3.60. The van der Waals surface area contributed by atoms with Crippen LogP contribution in [0.25, 0.3) is 39.1 Å². The van der Waals surface area contributed by atoms with Crippen molar-refractivity contribution in [2.45, 2.75) is 19.5 Å². The third kappa shape index (κ3) is 3.05. The summed E-state index contributed by atoms with van der Waals surface area (Å²) in [5.41, 5.74) is 13.5. The zero-order valence-corrected chi connectivity index (χ0v) is 16.0. The number of aryl methyl sites for hydroxylation is 1. The van der Waals surface area contributed by atoms with Gasteiger partial charge in [0.25, 0.3) is 0 Å². The number of nitrogens with zero attached hydrogens (tertiary/aromatic N) is 1. The first-order valence-corrected chi connectivity index (χ1v) is 9.66. The minimum Gasteiger partial charge on any atom is -0.399 e. The van der Waals surface area contributed by atoms with Gasteiger partial charge in [0.05, 0.1) is 11.4 Å². The van der Waals surface area contributed by atoms with E-state index in [2.05, 4.69) is 9.97 Å². The topological polar surface area (TPSA) is 70.5 Å². The number of H-pyrrole nitrogens is 2. The molecule has 0 spiro atoms. The van der Waals surface area contributed by atoms with Crippen LogP contribution in [-0.4, -0.2) is 21.1 Å². The van der Waals surface area contributed by atoms with E-state index in [-0.39, 0.29) is 0 Å². The maximum atomic E-state index is 13.6. The Morgan fingerprint density at radius 3 is 2.69 bits per heavy atom. The second-order valence-electron chi connectivity index (χ2n) is 7.38. The highest BCUT2D eigenvalue weighted by Crippen LogP contribution is 2.37. The Bertz CT molecular complexity index is 1260. The second kappa shape index (κ2) is 6.78. The summed E-state index contributed by atoms with van der Waals surface area (Å²) >= 11 is 0. The second-order valence-corrected chi connectivity index (χ2v) is 7.38. The predicted octanol–water partition coefficient (Wildman–Crippen LogP) is 5.80. The molecule has 0 amide bonds. The molecule has 0 saturated carbocycles. The van der Waals surface area contributed by atoms with Crippen molar-refractivity contribution in [1.82, 2.24) is 15.0 Å². The first-order chi connectivity index (χ1) is 14.1. The quantitative estimate of drug-likeness (QED) is 0.391. The molecular weight excluding hydrogens is 363 g/mol. The fourth-order valence-corrected chi connectivity index (χ4v) is 3.93. The predicted molar refractivity (Wildman–Crippen MR) is 117 cm³/mol.